The van der Waals surface area contributed by atoms with Gasteiger partial charge in [-0.25, -0.2) is 8.78 Å². The molecule has 0 aromatic heterocycles. The van der Waals surface area contributed by atoms with Crippen LogP contribution in [0, 0.1) is 11.8 Å². The zero-order valence-corrected chi connectivity index (χ0v) is 19.1. The first-order valence-electron chi connectivity index (χ1n) is 11.3. The summed E-state index contributed by atoms with van der Waals surface area (Å²) in [4.78, 5) is 40.5. The maximum atomic E-state index is 13.8. The van der Waals surface area contributed by atoms with Gasteiger partial charge in [0.25, 0.3) is 18.2 Å². The number of ether oxygens (including phenoxy) is 1. The van der Waals surface area contributed by atoms with Gasteiger partial charge in [0.2, 0.25) is 5.91 Å². The van der Waals surface area contributed by atoms with E-state index in [1.807, 2.05) is 13.8 Å². The second kappa shape index (κ2) is 11.0. The molecule has 1 aliphatic heterocycles. The Bertz CT molecular complexity index is 876. The number of primary amides is 1. The van der Waals surface area contributed by atoms with Gasteiger partial charge in [0, 0.05) is 30.9 Å². The zero-order chi connectivity index (χ0) is 24.1. The maximum Gasteiger partial charge on any atom is 0.265 e. The van der Waals surface area contributed by atoms with E-state index < -0.39 is 30.2 Å². The Morgan fingerprint density at radius 1 is 1.30 bits per heavy atom. The van der Waals surface area contributed by atoms with Crippen molar-refractivity contribution in [3.8, 4) is 0 Å². The summed E-state index contributed by atoms with van der Waals surface area (Å²) in [5.74, 6) is -1.23. The Hall–Kier alpha value is -2.59. The largest absolute Gasteiger partial charge is 0.370 e. The molecule has 33 heavy (non-hydrogen) atoms. The van der Waals surface area contributed by atoms with Crippen LogP contribution >= 0.6 is 0 Å². The van der Waals surface area contributed by atoms with Gasteiger partial charge in [-0.3, -0.25) is 19.3 Å². The lowest BCUT2D eigenvalue weighted by Crippen LogP contribution is -2.54. The Balaban J connectivity index is 1.81. The molecule has 182 valence electrons. The van der Waals surface area contributed by atoms with Crippen LogP contribution in [0.1, 0.15) is 45.1 Å². The van der Waals surface area contributed by atoms with Gasteiger partial charge in [-0.1, -0.05) is 20.3 Å². The molecular weight excluding hydrogens is 434 g/mol. The van der Waals surface area contributed by atoms with Crippen LogP contribution in [0.5, 0.6) is 0 Å². The average molecular weight is 467 g/mol. The minimum atomic E-state index is -2.87. The fourth-order valence-corrected chi connectivity index (χ4v) is 4.27. The van der Waals surface area contributed by atoms with Gasteiger partial charge in [0.05, 0.1) is 12.3 Å². The highest BCUT2D eigenvalue weighted by atomic mass is 19.3. The number of amides is 3. The summed E-state index contributed by atoms with van der Waals surface area (Å²) in [6, 6.07) is 2.75. The summed E-state index contributed by atoms with van der Waals surface area (Å²) >= 11 is 0. The summed E-state index contributed by atoms with van der Waals surface area (Å²) in [5.41, 5.74) is 5.41. The second-order valence-electron chi connectivity index (χ2n) is 9.11. The molecule has 0 bridgehead atoms. The van der Waals surface area contributed by atoms with Crippen LogP contribution in [0.15, 0.2) is 18.2 Å². The summed E-state index contributed by atoms with van der Waals surface area (Å²) in [5, 5.41) is 2.58. The molecular formula is C23H32F2N4O4. The normalized spacial score (nSPS) is 18.0. The first kappa shape index (κ1) is 25.0. The van der Waals surface area contributed by atoms with Crippen molar-refractivity contribution >= 4 is 29.1 Å². The topological polar surface area (TPSA) is 105 Å². The number of benzene rings is 1. The SMILES string of the molecule is CC(C)CN(CC1CCC1)[C@H](C(N)=O)C(=O)Nc1ccc(N2CCOCC2=O)c(C(F)F)c1. The zero-order valence-electron chi connectivity index (χ0n) is 19.1. The Morgan fingerprint density at radius 3 is 2.58 bits per heavy atom. The fraction of sp³-hybridized carbons (Fsp3) is 0.609. The Kier molecular flexibility index (Phi) is 8.36. The van der Waals surface area contributed by atoms with Gasteiger partial charge in [0.15, 0.2) is 6.04 Å². The molecule has 1 saturated carbocycles. The number of alkyl halides is 2. The van der Waals surface area contributed by atoms with E-state index in [9.17, 15) is 23.2 Å². The van der Waals surface area contributed by atoms with Crippen molar-refractivity contribution in [3.63, 3.8) is 0 Å². The molecule has 1 atom stereocenters. The molecule has 3 N–H and O–H groups in total. The highest BCUT2D eigenvalue weighted by Crippen LogP contribution is 2.33. The Morgan fingerprint density at radius 2 is 2.03 bits per heavy atom. The van der Waals surface area contributed by atoms with Gasteiger partial charge in [-0.15, -0.1) is 0 Å². The van der Waals surface area contributed by atoms with Crippen LogP contribution in [-0.2, 0) is 19.1 Å². The second-order valence-corrected chi connectivity index (χ2v) is 9.11. The monoisotopic (exact) mass is 466 g/mol. The lowest BCUT2D eigenvalue weighted by atomic mass is 9.84. The molecule has 1 saturated heterocycles. The van der Waals surface area contributed by atoms with Gasteiger partial charge < -0.3 is 20.7 Å². The highest BCUT2D eigenvalue weighted by molar-refractivity contribution is 6.09. The summed E-state index contributed by atoms with van der Waals surface area (Å²) < 4.78 is 32.7. The van der Waals surface area contributed by atoms with Crippen LogP contribution in [0.3, 0.4) is 0 Å². The summed E-state index contributed by atoms with van der Waals surface area (Å²) in [7, 11) is 0. The van der Waals surface area contributed by atoms with Crippen LogP contribution in [-0.4, -0.2) is 61.5 Å². The molecule has 1 heterocycles. The van der Waals surface area contributed by atoms with E-state index in [1.54, 1.807) is 4.90 Å². The van der Waals surface area contributed by atoms with Gasteiger partial charge >= 0.3 is 0 Å². The molecule has 1 aromatic rings. The van der Waals surface area contributed by atoms with Gasteiger partial charge in [-0.05, 0) is 42.9 Å². The number of anilines is 2. The molecule has 0 spiro atoms. The third-order valence-electron chi connectivity index (χ3n) is 6.01. The van der Waals surface area contributed by atoms with Crippen molar-refractivity contribution < 1.29 is 27.9 Å². The number of nitrogens with zero attached hydrogens (tertiary/aromatic N) is 2. The summed E-state index contributed by atoms with van der Waals surface area (Å²) in [6.07, 6.45) is 0.347. The molecule has 3 amide bonds. The number of carbonyl (C=O) groups is 3. The number of nitrogens with two attached hydrogens (primary N) is 1. The number of rotatable bonds is 10. The molecule has 1 aliphatic carbocycles. The molecule has 2 aliphatic rings. The van der Waals surface area contributed by atoms with E-state index in [1.165, 1.54) is 17.0 Å². The summed E-state index contributed by atoms with van der Waals surface area (Å²) in [6.45, 7) is 5.32. The molecule has 10 heteroatoms. The van der Waals surface area contributed by atoms with Crippen LogP contribution in [0.25, 0.3) is 0 Å². The van der Waals surface area contributed by atoms with E-state index in [2.05, 4.69) is 5.32 Å². The number of hydrogen-bond donors (Lipinski definition) is 2. The van der Waals surface area contributed by atoms with Gasteiger partial charge in [-0.2, -0.15) is 0 Å². The third kappa shape index (κ3) is 6.26. The molecule has 3 rings (SSSR count). The van der Waals surface area contributed by atoms with Gasteiger partial charge in [0.1, 0.15) is 6.61 Å². The van der Waals surface area contributed by atoms with Crippen molar-refractivity contribution in [2.75, 3.05) is 43.1 Å². The van der Waals surface area contributed by atoms with Crippen molar-refractivity contribution in [2.45, 2.75) is 45.6 Å². The van der Waals surface area contributed by atoms with Crippen molar-refractivity contribution in [1.82, 2.24) is 4.90 Å². The standard InChI is InChI=1S/C23H32F2N4O4/c1-14(2)11-28(12-15-4-3-5-15)20(22(26)31)23(32)27-16-6-7-18(17(10-16)21(24)25)29-8-9-33-13-19(29)30/h6-7,10,14-15,20-21H,3-5,8-9,11-13H2,1-2H3,(H2,26,31)(H,27,32)/t20-/m1/s1. The number of hydrogen-bond acceptors (Lipinski definition) is 5. The molecule has 8 nitrogen and oxygen atoms in total. The number of halogens is 2. The quantitative estimate of drug-likeness (QED) is 0.516. The first-order valence-corrected chi connectivity index (χ1v) is 11.3. The predicted octanol–water partition coefficient (Wildman–Crippen LogP) is 2.54. The van der Waals surface area contributed by atoms with Crippen LogP contribution in [0.2, 0.25) is 0 Å². The third-order valence-corrected chi connectivity index (χ3v) is 6.01. The number of nitrogens with one attached hydrogen (secondary N) is 1. The smallest absolute Gasteiger partial charge is 0.265 e. The van der Waals surface area contributed by atoms with Crippen molar-refractivity contribution in [2.24, 2.45) is 17.6 Å². The van der Waals surface area contributed by atoms with E-state index in [0.717, 1.165) is 25.3 Å². The lowest BCUT2D eigenvalue weighted by Gasteiger charge is -2.36. The number of carbonyl (C=O) groups excluding carboxylic acids is 3. The molecule has 0 unspecified atom stereocenters. The van der Waals surface area contributed by atoms with E-state index >= 15 is 0 Å². The first-order chi connectivity index (χ1) is 15.7. The minimum absolute atomic E-state index is 0.0779. The maximum absolute atomic E-state index is 13.8. The lowest BCUT2D eigenvalue weighted by molar-refractivity contribution is -0.133. The predicted molar refractivity (Wildman–Crippen MR) is 120 cm³/mol. The Labute approximate surface area is 192 Å². The minimum Gasteiger partial charge on any atom is -0.370 e. The molecule has 0 radical (unpaired) electrons. The van der Waals surface area contributed by atoms with E-state index in [0.29, 0.717) is 19.0 Å². The van der Waals surface area contributed by atoms with E-state index in [-0.39, 0.29) is 42.6 Å². The number of morpholine rings is 1. The van der Waals surface area contributed by atoms with Crippen molar-refractivity contribution in [1.29, 1.82) is 0 Å². The highest BCUT2D eigenvalue weighted by Gasteiger charge is 2.34. The molecule has 2 fully saturated rings. The van der Waals surface area contributed by atoms with Crippen molar-refractivity contribution in [3.05, 3.63) is 23.8 Å². The van der Waals surface area contributed by atoms with E-state index in [4.69, 9.17) is 10.5 Å². The fourth-order valence-electron chi connectivity index (χ4n) is 4.27. The van der Waals surface area contributed by atoms with Crippen LogP contribution in [0.4, 0.5) is 20.2 Å². The van der Waals surface area contributed by atoms with Crippen LogP contribution < -0.4 is 16.0 Å². The average Bonchev–Trinajstić information content (AvgIpc) is 2.70. The molecule has 1 aromatic carbocycles.